The van der Waals surface area contributed by atoms with E-state index in [0.717, 1.165) is 49.1 Å². The Kier molecular flexibility index (Phi) is 5.45. The van der Waals surface area contributed by atoms with Crippen molar-refractivity contribution in [1.82, 2.24) is 4.90 Å². The zero-order chi connectivity index (χ0) is 14.4. The molecule has 0 radical (unpaired) electrons. The van der Waals surface area contributed by atoms with Crippen LogP contribution in [0.2, 0.25) is 0 Å². The number of rotatable bonds is 4. The normalized spacial score (nSPS) is 23.9. The van der Waals surface area contributed by atoms with Crippen LogP contribution in [0.15, 0.2) is 28.7 Å². The minimum Gasteiger partial charge on any atom is -0.367 e. The van der Waals surface area contributed by atoms with Gasteiger partial charge >= 0.3 is 0 Å². The van der Waals surface area contributed by atoms with Crippen LogP contribution < -0.4 is 5.32 Å². The Balaban J connectivity index is 2.08. The van der Waals surface area contributed by atoms with Gasteiger partial charge in [-0.05, 0) is 57.0 Å². The molecule has 0 amide bonds. The molecule has 1 atom stereocenters. The molecule has 4 heteroatoms. The number of likely N-dealkylation sites (tertiary alicyclic amines) is 1. The van der Waals surface area contributed by atoms with Crippen molar-refractivity contribution in [2.75, 3.05) is 25.0 Å². The molecule has 108 valence electrons. The third kappa shape index (κ3) is 3.97. The molecule has 1 N–H and O–H groups in total. The summed E-state index contributed by atoms with van der Waals surface area (Å²) in [7, 11) is 0. The first-order valence-electron chi connectivity index (χ1n) is 7.35. The number of nitrogens with one attached hydrogen (secondary N) is 1. The number of benzene rings is 1. The van der Waals surface area contributed by atoms with E-state index in [0.29, 0.717) is 0 Å². The van der Waals surface area contributed by atoms with Gasteiger partial charge in [0.25, 0.3) is 0 Å². The SMILES string of the molecule is CCCN1CCCC(C#N)(Nc2cccc(Br)c2)CC1. The molecule has 1 fully saturated rings. The lowest BCUT2D eigenvalue weighted by Gasteiger charge is -2.28. The monoisotopic (exact) mass is 335 g/mol. The third-order valence-electron chi connectivity index (χ3n) is 3.89. The van der Waals surface area contributed by atoms with E-state index in [1.165, 1.54) is 6.42 Å². The number of nitriles is 1. The van der Waals surface area contributed by atoms with Gasteiger partial charge in [-0.2, -0.15) is 5.26 Å². The van der Waals surface area contributed by atoms with E-state index in [1.807, 2.05) is 24.3 Å². The second-order valence-corrected chi connectivity index (χ2v) is 6.44. The fourth-order valence-corrected chi connectivity index (χ4v) is 3.24. The zero-order valence-corrected chi connectivity index (χ0v) is 13.6. The Morgan fingerprint density at radius 2 is 2.25 bits per heavy atom. The van der Waals surface area contributed by atoms with Gasteiger partial charge in [0.05, 0.1) is 6.07 Å². The molecule has 2 rings (SSSR count). The van der Waals surface area contributed by atoms with Crippen molar-refractivity contribution in [3.63, 3.8) is 0 Å². The lowest BCUT2D eigenvalue weighted by Crippen LogP contribution is -2.38. The van der Waals surface area contributed by atoms with Gasteiger partial charge in [-0.15, -0.1) is 0 Å². The standard InChI is InChI=1S/C16H22BrN3/c1-2-9-20-10-4-7-16(13-18,8-11-20)19-15-6-3-5-14(17)12-15/h3,5-6,12,19H,2,4,7-11H2,1H3. The summed E-state index contributed by atoms with van der Waals surface area (Å²) < 4.78 is 1.04. The summed E-state index contributed by atoms with van der Waals surface area (Å²) in [6.07, 6.45) is 4.05. The number of anilines is 1. The van der Waals surface area contributed by atoms with Gasteiger partial charge < -0.3 is 10.2 Å². The molecule has 1 aliphatic rings. The zero-order valence-electron chi connectivity index (χ0n) is 12.0. The van der Waals surface area contributed by atoms with Crippen LogP contribution in [0.25, 0.3) is 0 Å². The molecule has 0 bridgehead atoms. The highest BCUT2D eigenvalue weighted by Crippen LogP contribution is 2.28. The predicted octanol–water partition coefficient (Wildman–Crippen LogP) is 4.02. The first-order chi connectivity index (χ1) is 9.67. The molecule has 1 saturated heterocycles. The number of hydrogen-bond donors (Lipinski definition) is 1. The Bertz CT molecular complexity index is 483. The van der Waals surface area contributed by atoms with Crippen LogP contribution in [0.1, 0.15) is 32.6 Å². The van der Waals surface area contributed by atoms with Crippen LogP contribution in [0.3, 0.4) is 0 Å². The lowest BCUT2D eigenvalue weighted by molar-refractivity contribution is 0.283. The molecule has 20 heavy (non-hydrogen) atoms. The second-order valence-electron chi connectivity index (χ2n) is 5.52. The van der Waals surface area contributed by atoms with E-state index in [-0.39, 0.29) is 0 Å². The maximum Gasteiger partial charge on any atom is 0.126 e. The molecule has 3 nitrogen and oxygen atoms in total. The Morgan fingerprint density at radius 1 is 1.40 bits per heavy atom. The van der Waals surface area contributed by atoms with Gasteiger partial charge in [0.1, 0.15) is 5.54 Å². The summed E-state index contributed by atoms with van der Waals surface area (Å²) in [5.41, 5.74) is 0.591. The van der Waals surface area contributed by atoms with Crippen molar-refractivity contribution < 1.29 is 0 Å². The molecular weight excluding hydrogens is 314 g/mol. The molecule has 0 spiro atoms. The van der Waals surface area contributed by atoms with E-state index < -0.39 is 5.54 Å². The van der Waals surface area contributed by atoms with Crippen LogP contribution in [-0.2, 0) is 0 Å². The number of hydrogen-bond acceptors (Lipinski definition) is 3. The highest BCUT2D eigenvalue weighted by Gasteiger charge is 2.32. The smallest absolute Gasteiger partial charge is 0.126 e. The summed E-state index contributed by atoms with van der Waals surface area (Å²) >= 11 is 3.48. The lowest BCUT2D eigenvalue weighted by atomic mass is 9.92. The van der Waals surface area contributed by atoms with Gasteiger partial charge in [-0.25, -0.2) is 0 Å². The fraction of sp³-hybridized carbons (Fsp3) is 0.562. The van der Waals surface area contributed by atoms with Crippen LogP contribution in [-0.4, -0.2) is 30.1 Å². The van der Waals surface area contributed by atoms with E-state index in [1.54, 1.807) is 0 Å². The highest BCUT2D eigenvalue weighted by atomic mass is 79.9. The Morgan fingerprint density at radius 3 is 2.95 bits per heavy atom. The topological polar surface area (TPSA) is 39.1 Å². The van der Waals surface area contributed by atoms with Crippen LogP contribution in [0.4, 0.5) is 5.69 Å². The third-order valence-corrected chi connectivity index (χ3v) is 4.39. The first kappa shape index (κ1) is 15.3. The summed E-state index contributed by atoms with van der Waals surface area (Å²) in [6, 6.07) is 10.6. The van der Waals surface area contributed by atoms with E-state index in [2.05, 4.69) is 39.1 Å². The molecule has 0 saturated carbocycles. The van der Waals surface area contributed by atoms with Gasteiger partial charge in [-0.3, -0.25) is 0 Å². The molecule has 1 unspecified atom stereocenters. The van der Waals surface area contributed by atoms with Crippen molar-refractivity contribution in [3.05, 3.63) is 28.7 Å². The molecular formula is C16H22BrN3. The van der Waals surface area contributed by atoms with E-state index in [4.69, 9.17) is 0 Å². The van der Waals surface area contributed by atoms with Crippen LogP contribution in [0, 0.1) is 11.3 Å². The average molecular weight is 336 g/mol. The van der Waals surface area contributed by atoms with Crippen molar-refractivity contribution >= 4 is 21.6 Å². The van der Waals surface area contributed by atoms with Crippen LogP contribution in [0.5, 0.6) is 0 Å². The summed E-state index contributed by atoms with van der Waals surface area (Å²) in [6.45, 7) is 5.46. The maximum atomic E-state index is 9.67. The van der Waals surface area contributed by atoms with Crippen molar-refractivity contribution in [3.8, 4) is 6.07 Å². The molecule has 1 heterocycles. The van der Waals surface area contributed by atoms with Gasteiger partial charge in [0, 0.05) is 16.7 Å². The number of nitrogens with zero attached hydrogens (tertiary/aromatic N) is 2. The average Bonchev–Trinajstić information content (AvgIpc) is 2.63. The quantitative estimate of drug-likeness (QED) is 0.903. The van der Waals surface area contributed by atoms with Crippen molar-refractivity contribution in [2.24, 2.45) is 0 Å². The molecule has 1 aromatic rings. The van der Waals surface area contributed by atoms with Gasteiger partial charge in [0.15, 0.2) is 0 Å². The van der Waals surface area contributed by atoms with E-state index in [9.17, 15) is 5.26 Å². The largest absolute Gasteiger partial charge is 0.367 e. The minimum atomic E-state index is -0.427. The Labute approximate surface area is 130 Å². The van der Waals surface area contributed by atoms with Gasteiger partial charge in [0.2, 0.25) is 0 Å². The molecule has 1 aliphatic heterocycles. The molecule has 1 aromatic carbocycles. The summed E-state index contributed by atoms with van der Waals surface area (Å²) in [4.78, 5) is 2.47. The predicted molar refractivity (Wildman–Crippen MR) is 86.7 cm³/mol. The summed E-state index contributed by atoms with van der Waals surface area (Å²) in [5, 5.41) is 13.1. The summed E-state index contributed by atoms with van der Waals surface area (Å²) in [5.74, 6) is 0. The molecule has 0 aliphatic carbocycles. The minimum absolute atomic E-state index is 0.427. The van der Waals surface area contributed by atoms with E-state index >= 15 is 0 Å². The van der Waals surface area contributed by atoms with Crippen molar-refractivity contribution in [2.45, 2.75) is 38.1 Å². The molecule has 0 aromatic heterocycles. The fourth-order valence-electron chi connectivity index (χ4n) is 2.84. The maximum absolute atomic E-state index is 9.67. The second kappa shape index (κ2) is 7.10. The Hall–Kier alpha value is -1.05. The highest BCUT2D eigenvalue weighted by molar-refractivity contribution is 9.10. The van der Waals surface area contributed by atoms with Crippen molar-refractivity contribution in [1.29, 1.82) is 5.26 Å². The van der Waals surface area contributed by atoms with Crippen LogP contribution >= 0.6 is 15.9 Å². The van der Waals surface area contributed by atoms with Gasteiger partial charge in [-0.1, -0.05) is 28.9 Å². The first-order valence-corrected chi connectivity index (χ1v) is 8.14. The number of halogens is 1.